The predicted molar refractivity (Wildman–Crippen MR) is 74.7 cm³/mol. The Hall–Kier alpha value is -2.04. The second kappa shape index (κ2) is 4.48. The quantitative estimate of drug-likeness (QED) is 0.861. The minimum Gasteiger partial charge on any atom is -0.497 e. The van der Waals surface area contributed by atoms with Gasteiger partial charge in [-0.15, -0.1) is 0 Å². The fraction of sp³-hybridized carbons (Fsp3) is 0.500. The first-order valence-electron chi connectivity index (χ1n) is 7.33. The molecular formula is C16H17NO4. The zero-order chi connectivity index (χ0) is 14.6. The van der Waals surface area contributed by atoms with Gasteiger partial charge in [0.2, 0.25) is 5.91 Å². The summed E-state index contributed by atoms with van der Waals surface area (Å²) in [4.78, 5) is 24.5. The predicted octanol–water partition coefficient (Wildman–Crippen LogP) is 1.83. The number of amides is 1. The molecule has 5 heteroatoms. The third-order valence-corrected chi connectivity index (χ3v) is 5.12. The lowest BCUT2D eigenvalue weighted by atomic mass is 9.79. The van der Waals surface area contributed by atoms with E-state index >= 15 is 0 Å². The zero-order valence-electron chi connectivity index (χ0n) is 11.7. The zero-order valence-corrected chi connectivity index (χ0v) is 11.7. The SMILES string of the molecule is COc1cccc(NC(=O)[C@@H]2[C@@H]3C[C@H]4[C@H]2C(=O)O[C@H]4C3)c1. The van der Waals surface area contributed by atoms with Gasteiger partial charge >= 0.3 is 5.97 Å². The molecule has 4 rings (SSSR count). The molecular weight excluding hydrogens is 270 g/mol. The minimum atomic E-state index is -0.243. The van der Waals surface area contributed by atoms with E-state index in [0.29, 0.717) is 11.4 Å². The molecule has 1 saturated heterocycles. The number of fused-ring (bicyclic) bond motifs is 1. The van der Waals surface area contributed by atoms with Crippen LogP contribution in [0.3, 0.4) is 0 Å². The van der Waals surface area contributed by atoms with Gasteiger partial charge in [0.1, 0.15) is 11.9 Å². The van der Waals surface area contributed by atoms with Gasteiger partial charge in [-0.05, 0) is 30.9 Å². The van der Waals surface area contributed by atoms with Crippen molar-refractivity contribution in [3.8, 4) is 5.75 Å². The normalized spacial score (nSPS) is 35.7. The lowest BCUT2D eigenvalue weighted by molar-refractivity contribution is -0.145. The molecule has 1 N–H and O–H groups in total. The van der Waals surface area contributed by atoms with Crippen LogP contribution in [-0.2, 0) is 14.3 Å². The fourth-order valence-corrected chi connectivity index (χ4v) is 4.29. The lowest BCUT2D eigenvalue weighted by Crippen LogP contribution is -2.35. The number of hydrogen-bond donors (Lipinski definition) is 1. The van der Waals surface area contributed by atoms with Gasteiger partial charge < -0.3 is 14.8 Å². The van der Waals surface area contributed by atoms with E-state index in [9.17, 15) is 9.59 Å². The highest BCUT2D eigenvalue weighted by atomic mass is 16.6. The van der Waals surface area contributed by atoms with Crippen LogP contribution in [0, 0.1) is 23.7 Å². The van der Waals surface area contributed by atoms with Gasteiger partial charge in [0.25, 0.3) is 0 Å². The van der Waals surface area contributed by atoms with Gasteiger partial charge in [-0.2, -0.15) is 0 Å². The topological polar surface area (TPSA) is 64.6 Å². The van der Waals surface area contributed by atoms with E-state index in [1.54, 1.807) is 13.2 Å². The summed E-state index contributed by atoms with van der Waals surface area (Å²) < 4.78 is 10.5. The van der Waals surface area contributed by atoms with E-state index in [0.717, 1.165) is 12.8 Å². The Morgan fingerprint density at radius 2 is 2.24 bits per heavy atom. The van der Waals surface area contributed by atoms with Crippen molar-refractivity contribution >= 4 is 17.6 Å². The van der Waals surface area contributed by atoms with Gasteiger partial charge in [0.15, 0.2) is 0 Å². The van der Waals surface area contributed by atoms with E-state index in [1.807, 2.05) is 18.2 Å². The van der Waals surface area contributed by atoms with Crippen molar-refractivity contribution in [1.29, 1.82) is 0 Å². The average Bonchev–Trinajstić information content (AvgIpc) is 3.08. The summed E-state index contributed by atoms with van der Waals surface area (Å²) in [5, 5.41) is 2.92. The molecule has 0 aromatic heterocycles. The van der Waals surface area contributed by atoms with Gasteiger partial charge in [-0.3, -0.25) is 9.59 Å². The van der Waals surface area contributed by atoms with Crippen LogP contribution >= 0.6 is 0 Å². The summed E-state index contributed by atoms with van der Waals surface area (Å²) in [7, 11) is 1.59. The molecule has 5 nitrogen and oxygen atoms in total. The van der Waals surface area contributed by atoms with E-state index < -0.39 is 0 Å². The van der Waals surface area contributed by atoms with E-state index in [1.165, 1.54) is 0 Å². The molecule has 21 heavy (non-hydrogen) atoms. The van der Waals surface area contributed by atoms with Crippen LogP contribution in [0.4, 0.5) is 5.69 Å². The van der Waals surface area contributed by atoms with Gasteiger partial charge in [0, 0.05) is 17.7 Å². The van der Waals surface area contributed by atoms with Crippen LogP contribution in [0.1, 0.15) is 12.8 Å². The molecule has 3 aliphatic rings. The van der Waals surface area contributed by atoms with Crippen LogP contribution in [0.5, 0.6) is 5.75 Å². The molecule has 0 radical (unpaired) electrons. The van der Waals surface area contributed by atoms with Crippen LogP contribution in [0.15, 0.2) is 24.3 Å². The second-order valence-electron chi connectivity index (χ2n) is 6.14. The molecule has 1 aliphatic heterocycles. The third-order valence-electron chi connectivity index (χ3n) is 5.12. The second-order valence-corrected chi connectivity index (χ2v) is 6.14. The lowest BCUT2D eigenvalue weighted by Gasteiger charge is -2.23. The number of methoxy groups -OCH3 is 1. The standard InChI is InChI=1S/C16H17NO4/c1-20-10-4-2-3-9(7-10)17-15(18)13-8-5-11-12(6-8)21-16(19)14(11)13/h2-4,7-8,11-14H,5-6H2,1H3,(H,17,18)/t8-,11-,12+,13-,14-/m1/s1. The minimum absolute atomic E-state index is 0.0633. The number of benzene rings is 1. The molecule has 2 bridgehead atoms. The van der Waals surface area contributed by atoms with Crippen molar-refractivity contribution in [2.24, 2.45) is 23.7 Å². The largest absolute Gasteiger partial charge is 0.497 e. The summed E-state index contributed by atoms with van der Waals surface area (Å²) in [6, 6.07) is 7.26. The van der Waals surface area contributed by atoms with Crippen LogP contribution in [-0.4, -0.2) is 25.1 Å². The van der Waals surface area contributed by atoms with Gasteiger partial charge in [-0.25, -0.2) is 0 Å². The Balaban J connectivity index is 1.54. The maximum absolute atomic E-state index is 12.6. The molecule has 5 atom stereocenters. The summed E-state index contributed by atoms with van der Waals surface area (Å²) >= 11 is 0. The number of hydrogen-bond acceptors (Lipinski definition) is 4. The van der Waals surface area contributed by atoms with Crippen molar-refractivity contribution in [2.75, 3.05) is 12.4 Å². The molecule has 0 spiro atoms. The van der Waals surface area contributed by atoms with Gasteiger partial charge in [-0.1, -0.05) is 6.07 Å². The third kappa shape index (κ3) is 1.83. The van der Waals surface area contributed by atoms with E-state index in [2.05, 4.69) is 5.32 Å². The highest BCUT2D eigenvalue weighted by molar-refractivity contribution is 5.97. The molecule has 3 fully saturated rings. The van der Waals surface area contributed by atoms with Crippen molar-refractivity contribution in [3.63, 3.8) is 0 Å². The maximum Gasteiger partial charge on any atom is 0.310 e. The van der Waals surface area contributed by atoms with Crippen molar-refractivity contribution < 1.29 is 19.1 Å². The molecule has 1 heterocycles. The first-order valence-corrected chi connectivity index (χ1v) is 7.33. The molecule has 1 aromatic carbocycles. The number of ether oxygens (including phenoxy) is 2. The maximum atomic E-state index is 12.6. The first-order chi connectivity index (χ1) is 10.2. The smallest absolute Gasteiger partial charge is 0.310 e. The van der Waals surface area contributed by atoms with E-state index in [4.69, 9.17) is 9.47 Å². The van der Waals surface area contributed by atoms with Crippen molar-refractivity contribution in [3.05, 3.63) is 24.3 Å². The molecule has 0 unspecified atom stereocenters. The van der Waals surface area contributed by atoms with Gasteiger partial charge in [0.05, 0.1) is 18.9 Å². The van der Waals surface area contributed by atoms with Crippen LogP contribution < -0.4 is 10.1 Å². The van der Waals surface area contributed by atoms with Crippen LogP contribution in [0.25, 0.3) is 0 Å². The number of anilines is 1. The number of rotatable bonds is 3. The Kier molecular flexibility index (Phi) is 2.71. The first kappa shape index (κ1) is 12.7. The number of esters is 1. The summed E-state index contributed by atoms with van der Waals surface area (Å²) in [6.07, 6.45) is 1.84. The number of carbonyl (C=O) groups is 2. The number of nitrogens with one attached hydrogen (secondary N) is 1. The Bertz CT molecular complexity index is 612. The monoisotopic (exact) mass is 287 g/mol. The molecule has 2 aliphatic carbocycles. The molecule has 1 amide bonds. The summed E-state index contributed by atoms with van der Waals surface area (Å²) in [5.74, 6) is 0.493. The Labute approximate surface area is 122 Å². The molecule has 110 valence electrons. The molecule has 1 aromatic rings. The van der Waals surface area contributed by atoms with Crippen molar-refractivity contribution in [2.45, 2.75) is 18.9 Å². The Morgan fingerprint density at radius 1 is 1.38 bits per heavy atom. The number of carbonyl (C=O) groups excluding carboxylic acids is 2. The highest BCUT2D eigenvalue weighted by Gasteiger charge is 2.63. The Morgan fingerprint density at radius 3 is 3.05 bits per heavy atom. The summed E-state index contributed by atoms with van der Waals surface area (Å²) in [5.41, 5.74) is 0.699. The highest BCUT2D eigenvalue weighted by Crippen LogP contribution is 2.57. The average molecular weight is 287 g/mol. The van der Waals surface area contributed by atoms with E-state index in [-0.39, 0.29) is 41.7 Å². The van der Waals surface area contributed by atoms with Crippen molar-refractivity contribution in [1.82, 2.24) is 0 Å². The molecule has 2 saturated carbocycles. The summed E-state index contributed by atoms with van der Waals surface area (Å²) in [6.45, 7) is 0. The van der Waals surface area contributed by atoms with Crippen LogP contribution in [0.2, 0.25) is 0 Å². The fourth-order valence-electron chi connectivity index (χ4n) is 4.29.